The summed E-state index contributed by atoms with van der Waals surface area (Å²) >= 11 is 1.95. The number of nitrogens with zero attached hydrogens (tertiary/aromatic N) is 2. The van der Waals surface area contributed by atoms with Gasteiger partial charge in [-0.1, -0.05) is 18.3 Å². The van der Waals surface area contributed by atoms with Crippen molar-refractivity contribution >= 4 is 16.5 Å². The lowest BCUT2D eigenvalue weighted by Gasteiger charge is -2.33. The van der Waals surface area contributed by atoms with Gasteiger partial charge in [-0.3, -0.25) is 0 Å². The van der Waals surface area contributed by atoms with Crippen LogP contribution in [0.5, 0.6) is 0 Å². The van der Waals surface area contributed by atoms with Gasteiger partial charge in [0.25, 0.3) is 0 Å². The second kappa shape index (κ2) is 5.80. The van der Waals surface area contributed by atoms with Gasteiger partial charge in [0.05, 0.1) is 5.69 Å². The molecule has 1 fully saturated rings. The van der Waals surface area contributed by atoms with Crippen LogP contribution in [0.4, 0.5) is 5.13 Å². The minimum Gasteiger partial charge on any atom is -0.345 e. The summed E-state index contributed by atoms with van der Waals surface area (Å²) < 4.78 is 0. The van der Waals surface area contributed by atoms with Crippen molar-refractivity contribution in [2.75, 3.05) is 18.0 Å². The standard InChI is InChI=1S/C15H25N3S/c1-3-16-12-8-6-9-13-14(12)19-15(17-13)18-10-5-4-7-11(18)2/h11-12,16H,3-10H2,1-2H3. The average molecular weight is 279 g/mol. The Labute approximate surface area is 120 Å². The fourth-order valence-corrected chi connectivity index (χ4v) is 4.70. The third-order valence-corrected chi connectivity index (χ3v) is 5.69. The monoisotopic (exact) mass is 279 g/mol. The Balaban J connectivity index is 1.84. The summed E-state index contributed by atoms with van der Waals surface area (Å²) in [6, 6.07) is 1.22. The Morgan fingerprint density at radius 1 is 1.32 bits per heavy atom. The molecule has 3 nitrogen and oxygen atoms in total. The highest BCUT2D eigenvalue weighted by molar-refractivity contribution is 7.15. The van der Waals surface area contributed by atoms with Gasteiger partial charge < -0.3 is 10.2 Å². The topological polar surface area (TPSA) is 28.2 Å². The van der Waals surface area contributed by atoms with Gasteiger partial charge in [-0.2, -0.15) is 0 Å². The van der Waals surface area contributed by atoms with Crippen molar-refractivity contribution in [3.8, 4) is 0 Å². The van der Waals surface area contributed by atoms with Gasteiger partial charge in [0.2, 0.25) is 0 Å². The predicted octanol–water partition coefficient (Wildman–Crippen LogP) is 3.51. The minimum absolute atomic E-state index is 0.556. The number of fused-ring (bicyclic) bond motifs is 1. The van der Waals surface area contributed by atoms with E-state index >= 15 is 0 Å². The van der Waals surface area contributed by atoms with Gasteiger partial charge in [0.15, 0.2) is 5.13 Å². The molecule has 0 amide bonds. The molecule has 0 aromatic carbocycles. The zero-order chi connectivity index (χ0) is 13.2. The zero-order valence-corrected chi connectivity index (χ0v) is 12.9. The van der Waals surface area contributed by atoms with E-state index in [-0.39, 0.29) is 0 Å². The van der Waals surface area contributed by atoms with Crippen LogP contribution in [-0.4, -0.2) is 24.1 Å². The van der Waals surface area contributed by atoms with E-state index in [1.165, 1.54) is 60.8 Å². The van der Waals surface area contributed by atoms with Crippen LogP contribution in [0.1, 0.15) is 62.6 Å². The van der Waals surface area contributed by atoms with E-state index in [0.29, 0.717) is 12.1 Å². The van der Waals surface area contributed by atoms with Crippen LogP contribution < -0.4 is 10.2 Å². The average Bonchev–Trinajstić information content (AvgIpc) is 2.84. The minimum atomic E-state index is 0.556. The van der Waals surface area contributed by atoms with Crippen LogP contribution >= 0.6 is 11.3 Å². The molecule has 0 bridgehead atoms. The Hall–Kier alpha value is -0.610. The second-order valence-electron chi connectivity index (χ2n) is 5.85. The highest BCUT2D eigenvalue weighted by Gasteiger charge is 2.27. The van der Waals surface area contributed by atoms with Crippen LogP contribution in [0.15, 0.2) is 0 Å². The number of aromatic nitrogens is 1. The van der Waals surface area contributed by atoms with E-state index in [1.54, 1.807) is 0 Å². The molecule has 0 saturated carbocycles. The predicted molar refractivity (Wildman–Crippen MR) is 82.1 cm³/mol. The third-order valence-electron chi connectivity index (χ3n) is 4.44. The van der Waals surface area contributed by atoms with Gasteiger partial charge in [-0.15, -0.1) is 0 Å². The highest BCUT2D eigenvalue weighted by atomic mass is 32.1. The molecule has 2 aliphatic rings. The molecule has 1 aromatic rings. The van der Waals surface area contributed by atoms with Gasteiger partial charge in [0, 0.05) is 23.5 Å². The number of piperidine rings is 1. The summed E-state index contributed by atoms with van der Waals surface area (Å²) in [6.45, 7) is 6.79. The molecule has 2 unspecified atom stereocenters. The van der Waals surface area contributed by atoms with E-state index in [1.807, 2.05) is 11.3 Å². The van der Waals surface area contributed by atoms with E-state index in [0.717, 1.165) is 6.54 Å². The summed E-state index contributed by atoms with van der Waals surface area (Å²) in [6.07, 6.45) is 7.76. The SMILES string of the molecule is CCNC1CCCc2nc(N3CCCCC3C)sc21. The fraction of sp³-hybridized carbons (Fsp3) is 0.800. The molecule has 1 aliphatic carbocycles. The highest BCUT2D eigenvalue weighted by Crippen LogP contribution is 2.39. The molecule has 3 rings (SSSR count). The molecule has 19 heavy (non-hydrogen) atoms. The number of thiazole rings is 1. The number of hydrogen-bond donors (Lipinski definition) is 1. The molecule has 1 aromatic heterocycles. The normalized spacial score (nSPS) is 27.4. The van der Waals surface area contributed by atoms with Crippen LogP contribution in [0.25, 0.3) is 0 Å². The number of hydrogen-bond acceptors (Lipinski definition) is 4. The van der Waals surface area contributed by atoms with Crippen molar-refractivity contribution in [3.05, 3.63) is 10.6 Å². The van der Waals surface area contributed by atoms with Crippen LogP contribution in [-0.2, 0) is 6.42 Å². The molecular weight excluding hydrogens is 254 g/mol. The van der Waals surface area contributed by atoms with Gasteiger partial charge in [-0.05, 0) is 52.0 Å². The molecule has 0 radical (unpaired) electrons. The summed E-state index contributed by atoms with van der Waals surface area (Å²) in [7, 11) is 0. The molecular formula is C15H25N3S. The maximum Gasteiger partial charge on any atom is 0.186 e. The molecule has 1 N–H and O–H groups in total. The van der Waals surface area contributed by atoms with E-state index in [9.17, 15) is 0 Å². The first-order valence-corrected chi connectivity index (χ1v) is 8.61. The number of anilines is 1. The molecule has 1 saturated heterocycles. The second-order valence-corrected chi connectivity index (χ2v) is 6.86. The lowest BCUT2D eigenvalue weighted by Crippen LogP contribution is -2.37. The first-order chi connectivity index (χ1) is 9.29. The lowest BCUT2D eigenvalue weighted by atomic mass is 9.98. The first-order valence-electron chi connectivity index (χ1n) is 7.79. The van der Waals surface area contributed by atoms with Crippen LogP contribution in [0.2, 0.25) is 0 Å². The zero-order valence-electron chi connectivity index (χ0n) is 12.1. The van der Waals surface area contributed by atoms with Crippen LogP contribution in [0.3, 0.4) is 0 Å². The first kappa shape index (κ1) is 13.4. The number of aryl methyl sites for hydroxylation is 1. The Morgan fingerprint density at radius 2 is 2.21 bits per heavy atom. The molecule has 4 heteroatoms. The molecule has 0 spiro atoms. The molecule has 106 valence electrons. The van der Waals surface area contributed by atoms with Gasteiger partial charge >= 0.3 is 0 Å². The molecule has 2 atom stereocenters. The van der Waals surface area contributed by atoms with Crippen molar-refractivity contribution in [3.63, 3.8) is 0 Å². The van der Waals surface area contributed by atoms with Crippen LogP contribution in [0, 0.1) is 0 Å². The maximum atomic E-state index is 4.96. The smallest absolute Gasteiger partial charge is 0.186 e. The number of nitrogens with one attached hydrogen (secondary N) is 1. The maximum absolute atomic E-state index is 4.96. The molecule has 1 aliphatic heterocycles. The summed E-state index contributed by atoms with van der Waals surface area (Å²) in [4.78, 5) is 9.01. The van der Waals surface area contributed by atoms with Crippen molar-refractivity contribution < 1.29 is 0 Å². The van der Waals surface area contributed by atoms with Gasteiger partial charge in [0.1, 0.15) is 0 Å². The Bertz CT molecular complexity index is 429. The third kappa shape index (κ3) is 2.65. The summed E-state index contributed by atoms with van der Waals surface area (Å²) in [5.74, 6) is 0. The largest absolute Gasteiger partial charge is 0.345 e. The van der Waals surface area contributed by atoms with E-state index < -0.39 is 0 Å². The number of rotatable bonds is 3. The summed E-state index contributed by atoms with van der Waals surface area (Å²) in [5, 5.41) is 4.90. The summed E-state index contributed by atoms with van der Waals surface area (Å²) in [5.41, 5.74) is 1.37. The van der Waals surface area contributed by atoms with Crippen molar-refractivity contribution in [1.29, 1.82) is 0 Å². The van der Waals surface area contributed by atoms with Crippen molar-refractivity contribution in [1.82, 2.24) is 10.3 Å². The lowest BCUT2D eigenvalue weighted by molar-refractivity contribution is 0.474. The molecule has 2 heterocycles. The quantitative estimate of drug-likeness (QED) is 0.917. The van der Waals surface area contributed by atoms with E-state index in [4.69, 9.17) is 4.98 Å². The Kier molecular flexibility index (Phi) is 4.08. The Morgan fingerprint density at radius 3 is 3.00 bits per heavy atom. The van der Waals surface area contributed by atoms with Crippen molar-refractivity contribution in [2.24, 2.45) is 0 Å². The van der Waals surface area contributed by atoms with Gasteiger partial charge in [-0.25, -0.2) is 4.98 Å². The van der Waals surface area contributed by atoms with E-state index in [2.05, 4.69) is 24.1 Å². The fourth-order valence-electron chi connectivity index (χ4n) is 3.35. The van der Waals surface area contributed by atoms with Crippen molar-refractivity contribution in [2.45, 2.75) is 64.5 Å².